The molecule has 2 aromatic carbocycles. The second-order valence-electron chi connectivity index (χ2n) is 6.31. The Morgan fingerprint density at radius 3 is 2.23 bits per heavy atom. The summed E-state index contributed by atoms with van der Waals surface area (Å²) in [6.45, 7) is -0.294. The van der Waals surface area contributed by atoms with E-state index in [1.807, 2.05) is 0 Å². The molecule has 0 fully saturated rings. The van der Waals surface area contributed by atoms with Crippen molar-refractivity contribution in [2.24, 2.45) is 0 Å². The number of methoxy groups -OCH3 is 3. The number of halogens is 2. The van der Waals surface area contributed by atoms with Crippen molar-refractivity contribution < 1.29 is 19.0 Å². The summed E-state index contributed by atoms with van der Waals surface area (Å²) >= 11 is 11.8. The van der Waals surface area contributed by atoms with E-state index in [-0.39, 0.29) is 6.54 Å². The number of benzene rings is 2. The van der Waals surface area contributed by atoms with Gasteiger partial charge in [0.15, 0.2) is 11.5 Å². The topological polar surface area (TPSA) is 91.7 Å². The van der Waals surface area contributed by atoms with E-state index in [1.54, 1.807) is 30.3 Å². The highest BCUT2D eigenvalue weighted by Gasteiger charge is 2.16. The molecule has 162 valence electrons. The number of carbonyl (C=O) groups excluding carboxylic acids is 1. The molecule has 1 N–H and O–H groups in total. The zero-order valence-corrected chi connectivity index (χ0v) is 18.5. The third kappa shape index (κ3) is 5.10. The average Bonchev–Trinajstić information content (AvgIpc) is 2.76. The van der Waals surface area contributed by atoms with Gasteiger partial charge >= 0.3 is 0 Å². The molecule has 0 bridgehead atoms. The standard InChI is InChI=1S/C21H19Cl2N3O5/c1-29-17-8-12(9-18(30-2)21(17)31-3)16-6-7-20(28)26(25-16)11-19(27)24-13-4-5-14(22)15(23)10-13/h4-10H,11H2,1-3H3,(H,24,27). The molecule has 0 aliphatic carbocycles. The van der Waals surface area contributed by atoms with Crippen molar-refractivity contribution in [1.82, 2.24) is 9.78 Å². The van der Waals surface area contributed by atoms with E-state index in [9.17, 15) is 9.59 Å². The second-order valence-corrected chi connectivity index (χ2v) is 7.12. The van der Waals surface area contributed by atoms with Crippen LogP contribution in [-0.4, -0.2) is 37.0 Å². The van der Waals surface area contributed by atoms with Gasteiger partial charge in [0.1, 0.15) is 6.54 Å². The Balaban J connectivity index is 1.89. The fraction of sp³-hybridized carbons (Fsp3) is 0.190. The van der Waals surface area contributed by atoms with Gasteiger partial charge in [-0.15, -0.1) is 0 Å². The third-order valence-corrected chi connectivity index (χ3v) is 5.06. The minimum Gasteiger partial charge on any atom is -0.493 e. The molecule has 0 unspecified atom stereocenters. The summed E-state index contributed by atoms with van der Waals surface area (Å²) in [6.07, 6.45) is 0. The van der Waals surface area contributed by atoms with Crippen LogP contribution in [-0.2, 0) is 11.3 Å². The predicted octanol–water partition coefficient (Wildman–Crippen LogP) is 3.88. The highest BCUT2D eigenvalue weighted by Crippen LogP contribution is 2.40. The molecule has 1 amide bonds. The lowest BCUT2D eigenvalue weighted by atomic mass is 10.1. The number of nitrogens with one attached hydrogen (secondary N) is 1. The quantitative estimate of drug-likeness (QED) is 0.571. The van der Waals surface area contributed by atoms with Gasteiger partial charge in [-0.25, -0.2) is 4.68 Å². The summed E-state index contributed by atoms with van der Waals surface area (Å²) in [4.78, 5) is 24.7. The van der Waals surface area contributed by atoms with Gasteiger partial charge < -0.3 is 19.5 Å². The smallest absolute Gasteiger partial charge is 0.267 e. The molecule has 1 aromatic heterocycles. The largest absolute Gasteiger partial charge is 0.493 e. The van der Waals surface area contributed by atoms with Crippen LogP contribution in [0.1, 0.15) is 0 Å². The van der Waals surface area contributed by atoms with E-state index in [0.717, 1.165) is 4.68 Å². The number of ether oxygens (including phenoxy) is 3. The predicted molar refractivity (Wildman–Crippen MR) is 119 cm³/mol. The fourth-order valence-corrected chi connectivity index (χ4v) is 3.15. The molecule has 0 aliphatic rings. The van der Waals surface area contributed by atoms with E-state index < -0.39 is 11.5 Å². The number of amides is 1. The Labute approximate surface area is 188 Å². The lowest BCUT2D eigenvalue weighted by molar-refractivity contribution is -0.117. The monoisotopic (exact) mass is 463 g/mol. The van der Waals surface area contributed by atoms with Gasteiger partial charge in [-0.2, -0.15) is 5.10 Å². The van der Waals surface area contributed by atoms with Gasteiger partial charge in [0.05, 0.1) is 37.1 Å². The molecule has 0 saturated carbocycles. The van der Waals surface area contributed by atoms with Crippen LogP contribution >= 0.6 is 23.2 Å². The number of rotatable bonds is 7. The van der Waals surface area contributed by atoms with Gasteiger partial charge in [-0.3, -0.25) is 9.59 Å². The number of aromatic nitrogens is 2. The van der Waals surface area contributed by atoms with Crippen molar-refractivity contribution in [1.29, 1.82) is 0 Å². The summed E-state index contributed by atoms with van der Waals surface area (Å²) in [7, 11) is 4.51. The van der Waals surface area contributed by atoms with E-state index in [2.05, 4.69) is 10.4 Å². The summed E-state index contributed by atoms with van der Waals surface area (Å²) < 4.78 is 17.1. The SMILES string of the molecule is COc1cc(-c2ccc(=O)n(CC(=O)Nc3ccc(Cl)c(Cl)c3)n2)cc(OC)c1OC. The molecule has 8 nitrogen and oxygen atoms in total. The highest BCUT2D eigenvalue weighted by molar-refractivity contribution is 6.42. The Bertz CT molecular complexity index is 1150. The van der Waals surface area contributed by atoms with Gasteiger partial charge in [0.2, 0.25) is 11.7 Å². The summed E-state index contributed by atoms with van der Waals surface area (Å²) in [5.41, 5.74) is 1.09. The maximum atomic E-state index is 12.4. The molecule has 10 heteroatoms. The van der Waals surface area contributed by atoms with Gasteiger partial charge in [0, 0.05) is 17.3 Å². The molecule has 0 saturated heterocycles. The number of carbonyl (C=O) groups is 1. The van der Waals surface area contributed by atoms with Gasteiger partial charge in [-0.1, -0.05) is 23.2 Å². The minimum absolute atomic E-state index is 0.294. The summed E-state index contributed by atoms with van der Waals surface area (Å²) in [6, 6.07) is 11.0. The zero-order valence-electron chi connectivity index (χ0n) is 16.9. The molecule has 31 heavy (non-hydrogen) atoms. The Kier molecular flexibility index (Phi) is 7.04. The average molecular weight is 464 g/mol. The van der Waals surface area contributed by atoms with Crippen LogP contribution in [0.5, 0.6) is 17.2 Å². The van der Waals surface area contributed by atoms with Crippen molar-refractivity contribution in [2.45, 2.75) is 6.54 Å². The molecular weight excluding hydrogens is 445 g/mol. The second kappa shape index (κ2) is 9.72. The molecule has 1 heterocycles. The van der Waals surface area contributed by atoms with Crippen LogP contribution in [0.15, 0.2) is 47.3 Å². The lowest BCUT2D eigenvalue weighted by Gasteiger charge is -2.14. The summed E-state index contributed by atoms with van der Waals surface area (Å²) in [5, 5.41) is 7.64. The summed E-state index contributed by atoms with van der Waals surface area (Å²) in [5.74, 6) is 0.862. The van der Waals surface area contributed by atoms with E-state index in [0.29, 0.717) is 44.2 Å². The Hall–Kier alpha value is -3.23. The van der Waals surface area contributed by atoms with Crippen molar-refractivity contribution in [3.8, 4) is 28.5 Å². The first-order valence-corrected chi connectivity index (χ1v) is 9.75. The number of nitrogens with zero attached hydrogens (tertiary/aromatic N) is 2. The minimum atomic E-state index is -0.449. The van der Waals surface area contributed by atoms with Crippen LogP contribution in [0.25, 0.3) is 11.3 Å². The van der Waals surface area contributed by atoms with Crippen LogP contribution < -0.4 is 25.1 Å². The van der Waals surface area contributed by atoms with Crippen LogP contribution in [0.2, 0.25) is 10.0 Å². The fourth-order valence-electron chi connectivity index (χ4n) is 2.86. The Morgan fingerprint density at radius 1 is 0.968 bits per heavy atom. The molecule has 3 rings (SSSR count). The first-order chi connectivity index (χ1) is 14.9. The molecule has 0 spiro atoms. The highest BCUT2D eigenvalue weighted by atomic mass is 35.5. The maximum Gasteiger partial charge on any atom is 0.267 e. The molecule has 0 aliphatic heterocycles. The normalized spacial score (nSPS) is 10.5. The van der Waals surface area contributed by atoms with E-state index >= 15 is 0 Å². The van der Waals surface area contributed by atoms with Crippen LogP contribution in [0, 0.1) is 0 Å². The van der Waals surface area contributed by atoms with Crippen molar-refractivity contribution in [2.75, 3.05) is 26.6 Å². The first kappa shape index (κ1) is 22.5. The number of hydrogen-bond donors (Lipinski definition) is 1. The lowest BCUT2D eigenvalue weighted by Crippen LogP contribution is -2.29. The molecule has 3 aromatic rings. The van der Waals surface area contributed by atoms with Gasteiger partial charge in [-0.05, 0) is 36.4 Å². The molecular formula is C21H19Cl2N3O5. The molecule has 0 radical (unpaired) electrons. The third-order valence-electron chi connectivity index (χ3n) is 4.32. The number of hydrogen-bond acceptors (Lipinski definition) is 6. The van der Waals surface area contributed by atoms with Crippen LogP contribution in [0.3, 0.4) is 0 Å². The zero-order chi connectivity index (χ0) is 22.5. The van der Waals surface area contributed by atoms with Crippen LogP contribution in [0.4, 0.5) is 5.69 Å². The van der Waals surface area contributed by atoms with Crippen molar-refractivity contribution >= 4 is 34.8 Å². The van der Waals surface area contributed by atoms with Crippen molar-refractivity contribution in [3.05, 3.63) is 62.9 Å². The van der Waals surface area contributed by atoms with Crippen molar-refractivity contribution in [3.63, 3.8) is 0 Å². The molecule has 0 atom stereocenters. The maximum absolute atomic E-state index is 12.4. The number of anilines is 1. The Morgan fingerprint density at radius 2 is 1.65 bits per heavy atom. The van der Waals surface area contributed by atoms with E-state index in [4.69, 9.17) is 37.4 Å². The van der Waals surface area contributed by atoms with E-state index in [1.165, 1.54) is 33.5 Å². The first-order valence-electron chi connectivity index (χ1n) is 8.99. The van der Waals surface area contributed by atoms with Gasteiger partial charge in [0.25, 0.3) is 5.56 Å².